The van der Waals surface area contributed by atoms with Gasteiger partial charge in [0.2, 0.25) is 0 Å². The summed E-state index contributed by atoms with van der Waals surface area (Å²) in [6.45, 7) is 5.40. The smallest absolute Gasteiger partial charge is 0.308 e. The number of carboxylic acids is 1. The van der Waals surface area contributed by atoms with E-state index in [9.17, 15) is 9.59 Å². The third kappa shape index (κ3) is 2.50. The molecule has 1 amide bonds. The molecular weight excluding hydrogens is 246 g/mol. The van der Waals surface area contributed by atoms with Gasteiger partial charge in [-0.05, 0) is 33.6 Å². The highest BCUT2D eigenvalue weighted by molar-refractivity contribution is 5.97. The van der Waals surface area contributed by atoms with Crippen LogP contribution in [-0.4, -0.2) is 23.0 Å². The molecule has 5 heteroatoms. The number of carbonyl (C=O) groups is 2. The van der Waals surface area contributed by atoms with Gasteiger partial charge in [-0.3, -0.25) is 9.59 Å². The minimum absolute atomic E-state index is 0.231. The van der Waals surface area contributed by atoms with Crippen LogP contribution in [0.15, 0.2) is 4.42 Å². The van der Waals surface area contributed by atoms with Gasteiger partial charge < -0.3 is 14.8 Å². The first-order valence-electron chi connectivity index (χ1n) is 6.52. The lowest BCUT2D eigenvalue weighted by Crippen LogP contribution is -2.40. The molecule has 5 nitrogen and oxygen atoms in total. The van der Waals surface area contributed by atoms with Crippen LogP contribution in [-0.2, 0) is 4.79 Å². The van der Waals surface area contributed by atoms with Gasteiger partial charge in [0, 0.05) is 11.6 Å². The Hall–Kier alpha value is -1.78. The Morgan fingerprint density at radius 1 is 1.21 bits per heavy atom. The number of rotatable bonds is 3. The Bertz CT molecular complexity index is 518. The molecule has 2 rings (SSSR count). The van der Waals surface area contributed by atoms with Gasteiger partial charge in [0.1, 0.15) is 11.5 Å². The van der Waals surface area contributed by atoms with Crippen molar-refractivity contribution in [1.82, 2.24) is 5.32 Å². The average Bonchev–Trinajstić information content (AvgIpc) is 2.85. The van der Waals surface area contributed by atoms with Crippen LogP contribution in [0.5, 0.6) is 0 Å². The Balaban J connectivity index is 2.15. The average molecular weight is 265 g/mol. The van der Waals surface area contributed by atoms with E-state index in [2.05, 4.69) is 5.32 Å². The quantitative estimate of drug-likeness (QED) is 0.878. The van der Waals surface area contributed by atoms with Crippen molar-refractivity contribution in [2.75, 3.05) is 0 Å². The van der Waals surface area contributed by atoms with E-state index in [1.165, 1.54) is 0 Å². The van der Waals surface area contributed by atoms with Gasteiger partial charge in [-0.2, -0.15) is 0 Å². The molecule has 19 heavy (non-hydrogen) atoms. The monoisotopic (exact) mass is 265 g/mol. The van der Waals surface area contributed by atoms with Crippen LogP contribution in [0.2, 0.25) is 0 Å². The standard InChI is InChI=1S/C14H19NO4/c1-7-8(2)19-9(3)12(7)13(16)15-11-6-4-5-10(11)14(17)18/h10-11H,4-6H2,1-3H3,(H,15,16)(H,17,18). The van der Waals surface area contributed by atoms with Crippen LogP contribution in [0, 0.1) is 26.7 Å². The molecule has 1 heterocycles. The van der Waals surface area contributed by atoms with E-state index >= 15 is 0 Å². The van der Waals surface area contributed by atoms with Gasteiger partial charge in [0.15, 0.2) is 0 Å². The van der Waals surface area contributed by atoms with Crippen LogP contribution in [0.3, 0.4) is 0 Å². The summed E-state index contributed by atoms with van der Waals surface area (Å²) < 4.78 is 5.43. The maximum atomic E-state index is 12.3. The number of aliphatic carboxylic acids is 1. The maximum Gasteiger partial charge on any atom is 0.308 e. The van der Waals surface area contributed by atoms with Crippen molar-refractivity contribution >= 4 is 11.9 Å². The highest BCUT2D eigenvalue weighted by atomic mass is 16.4. The third-order valence-corrected chi connectivity index (χ3v) is 3.94. The number of hydrogen-bond acceptors (Lipinski definition) is 3. The second-order valence-electron chi connectivity index (χ2n) is 5.17. The highest BCUT2D eigenvalue weighted by Crippen LogP contribution is 2.27. The van der Waals surface area contributed by atoms with Gasteiger partial charge in [-0.25, -0.2) is 0 Å². The van der Waals surface area contributed by atoms with Crippen LogP contribution in [0.25, 0.3) is 0 Å². The van der Waals surface area contributed by atoms with Crippen molar-refractivity contribution in [2.24, 2.45) is 5.92 Å². The predicted octanol–water partition coefficient (Wildman–Crippen LogP) is 2.19. The molecular formula is C14H19NO4. The van der Waals surface area contributed by atoms with Gasteiger partial charge in [-0.1, -0.05) is 6.42 Å². The summed E-state index contributed by atoms with van der Waals surface area (Å²) in [7, 11) is 0. The first-order chi connectivity index (χ1) is 8.91. The Morgan fingerprint density at radius 3 is 2.42 bits per heavy atom. The molecule has 2 unspecified atom stereocenters. The largest absolute Gasteiger partial charge is 0.481 e. The molecule has 2 N–H and O–H groups in total. The van der Waals surface area contributed by atoms with E-state index in [0.29, 0.717) is 17.7 Å². The van der Waals surface area contributed by atoms with E-state index in [1.54, 1.807) is 6.92 Å². The molecule has 1 aliphatic carbocycles. The molecule has 0 bridgehead atoms. The van der Waals surface area contributed by atoms with Gasteiger partial charge in [0.25, 0.3) is 5.91 Å². The fourth-order valence-corrected chi connectivity index (χ4v) is 2.80. The van der Waals surface area contributed by atoms with Gasteiger partial charge in [0.05, 0.1) is 11.5 Å². The molecule has 1 aromatic heterocycles. The normalized spacial score (nSPS) is 22.5. The maximum absolute atomic E-state index is 12.3. The molecule has 1 fully saturated rings. The van der Waals surface area contributed by atoms with Crippen LogP contribution >= 0.6 is 0 Å². The molecule has 0 saturated heterocycles. The van der Waals surface area contributed by atoms with E-state index in [-0.39, 0.29) is 11.9 Å². The van der Waals surface area contributed by atoms with Crippen molar-refractivity contribution in [2.45, 2.75) is 46.1 Å². The number of furan rings is 1. The number of hydrogen-bond donors (Lipinski definition) is 2. The fourth-order valence-electron chi connectivity index (χ4n) is 2.80. The number of nitrogens with one attached hydrogen (secondary N) is 1. The number of aryl methyl sites for hydroxylation is 2. The summed E-state index contributed by atoms with van der Waals surface area (Å²) in [5.74, 6) is -0.233. The van der Waals surface area contributed by atoms with Crippen LogP contribution in [0.4, 0.5) is 0 Å². The van der Waals surface area contributed by atoms with Crippen molar-refractivity contribution in [3.05, 3.63) is 22.6 Å². The lowest BCUT2D eigenvalue weighted by atomic mass is 10.0. The first kappa shape index (κ1) is 13.6. The molecule has 1 aliphatic rings. The van der Waals surface area contributed by atoms with E-state index in [4.69, 9.17) is 9.52 Å². The molecule has 0 radical (unpaired) electrons. The number of carbonyl (C=O) groups excluding carboxylic acids is 1. The third-order valence-electron chi connectivity index (χ3n) is 3.94. The van der Waals surface area contributed by atoms with Gasteiger partial charge in [-0.15, -0.1) is 0 Å². The topological polar surface area (TPSA) is 79.5 Å². The summed E-state index contributed by atoms with van der Waals surface area (Å²) in [4.78, 5) is 23.4. The number of carboxylic acid groups (broad SMARTS) is 1. The first-order valence-corrected chi connectivity index (χ1v) is 6.52. The van der Waals surface area contributed by atoms with Gasteiger partial charge >= 0.3 is 5.97 Å². The highest BCUT2D eigenvalue weighted by Gasteiger charge is 2.34. The van der Waals surface area contributed by atoms with E-state index in [0.717, 1.165) is 24.2 Å². The Labute approximate surface area is 112 Å². The zero-order chi connectivity index (χ0) is 14.2. The molecule has 1 saturated carbocycles. The van der Waals surface area contributed by atoms with Crippen LogP contribution < -0.4 is 5.32 Å². The fraction of sp³-hybridized carbons (Fsp3) is 0.571. The molecule has 104 valence electrons. The van der Waals surface area contributed by atoms with Crippen molar-refractivity contribution in [1.29, 1.82) is 0 Å². The molecule has 0 aliphatic heterocycles. The molecule has 1 aromatic rings. The zero-order valence-corrected chi connectivity index (χ0v) is 11.4. The van der Waals surface area contributed by atoms with E-state index < -0.39 is 11.9 Å². The summed E-state index contributed by atoms with van der Waals surface area (Å²) >= 11 is 0. The lowest BCUT2D eigenvalue weighted by Gasteiger charge is -2.17. The molecule has 0 aromatic carbocycles. The minimum Gasteiger partial charge on any atom is -0.481 e. The van der Waals surface area contributed by atoms with Crippen molar-refractivity contribution in [3.8, 4) is 0 Å². The van der Waals surface area contributed by atoms with Crippen molar-refractivity contribution in [3.63, 3.8) is 0 Å². The molecule has 0 spiro atoms. The summed E-state index contributed by atoms with van der Waals surface area (Å²) in [6.07, 6.45) is 2.19. The second kappa shape index (κ2) is 5.07. The van der Waals surface area contributed by atoms with Crippen LogP contribution in [0.1, 0.15) is 46.7 Å². The predicted molar refractivity (Wildman–Crippen MR) is 69.2 cm³/mol. The SMILES string of the molecule is Cc1oc(C)c(C(=O)NC2CCCC2C(=O)O)c1C. The second-order valence-corrected chi connectivity index (χ2v) is 5.17. The van der Waals surface area contributed by atoms with E-state index in [1.807, 2.05) is 13.8 Å². The Morgan fingerprint density at radius 2 is 1.89 bits per heavy atom. The van der Waals surface area contributed by atoms with Crippen molar-refractivity contribution < 1.29 is 19.1 Å². The summed E-state index contributed by atoms with van der Waals surface area (Å²) in [5, 5.41) is 12.0. The minimum atomic E-state index is -0.834. The number of amides is 1. The lowest BCUT2D eigenvalue weighted by molar-refractivity contribution is -0.142. The molecule has 2 atom stereocenters. The zero-order valence-electron chi connectivity index (χ0n) is 11.4. The summed E-state index contributed by atoms with van der Waals surface area (Å²) in [5.41, 5.74) is 1.36. The Kier molecular flexibility index (Phi) is 3.64. The summed E-state index contributed by atoms with van der Waals surface area (Å²) in [6, 6.07) is -0.279.